The Morgan fingerprint density at radius 3 is 1.32 bits per heavy atom. The van der Waals surface area contributed by atoms with Crippen molar-refractivity contribution in [3.05, 3.63) is 113 Å². The summed E-state index contributed by atoms with van der Waals surface area (Å²) < 4.78 is 0. The van der Waals surface area contributed by atoms with Crippen molar-refractivity contribution in [1.82, 2.24) is 0 Å². The number of aldehydes is 1. The van der Waals surface area contributed by atoms with E-state index in [0.29, 0.717) is 5.56 Å². The lowest BCUT2D eigenvalue weighted by atomic mass is 10.1. The van der Waals surface area contributed by atoms with Crippen molar-refractivity contribution in [1.29, 1.82) is 0 Å². The smallest absolute Gasteiger partial charge is 0.150 e. The van der Waals surface area contributed by atoms with Crippen LogP contribution in [0.5, 0.6) is 0 Å². The lowest BCUT2D eigenvalue weighted by Gasteiger charge is -2.26. The van der Waals surface area contributed by atoms with Gasteiger partial charge in [-0.05, 0) is 82.6 Å². The molecule has 0 bridgehead atoms. The van der Waals surface area contributed by atoms with Gasteiger partial charge in [0.1, 0.15) is 6.29 Å². The predicted octanol–water partition coefficient (Wildman–Crippen LogP) is 8.43. The Morgan fingerprint density at radius 1 is 0.548 bits per heavy atom. The summed E-state index contributed by atoms with van der Waals surface area (Å²) in [6.45, 7) is 0. The summed E-state index contributed by atoms with van der Waals surface area (Å²) in [5.41, 5.74) is 6.25. The van der Waals surface area contributed by atoms with Crippen molar-refractivity contribution < 1.29 is 4.79 Å². The number of hydrogen-bond donors (Lipinski definition) is 0. The van der Waals surface area contributed by atoms with E-state index < -0.39 is 0 Å². The van der Waals surface area contributed by atoms with Crippen molar-refractivity contribution >= 4 is 46.0 Å². The molecule has 0 saturated heterocycles. The van der Waals surface area contributed by atoms with Gasteiger partial charge in [-0.25, -0.2) is 0 Å². The Bertz CT molecular complexity index is 1180. The van der Waals surface area contributed by atoms with E-state index in [2.05, 4.69) is 88.5 Å². The number of hydrogen-bond acceptors (Lipinski definition) is 4. The third-order valence-corrected chi connectivity index (χ3v) is 6.99. The molecule has 0 atom stereocenters. The summed E-state index contributed by atoms with van der Waals surface area (Å²) in [5, 5.41) is 4.19. The first-order valence-corrected chi connectivity index (χ1v) is 11.7. The normalized spacial score (nSPS) is 10.7. The zero-order valence-electron chi connectivity index (χ0n) is 16.6. The maximum Gasteiger partial charge on any atom is 0.150 e. The highest BCUT2D eigenvalue weighted by molar-refractivity contribution is 7.13. The Kier molecular flexibility index (Phi) is 5.48. The molecule has 0 fully saturated rings. The topological polar surface area (TPSA) is 20.3 Å². The number of nitrogens with zero attached hydrogens (tertiary/aromatic N) is 1. The molecule has 0 amide bonds. The molecule has 0 aliphatic rings. The fraction of sp³-hybridized carbons (Fsp3) is 0. The Labute approximate surface area is 189 Å². The first-order chi connectivity index (χ1) is 15.3. The summed E-state index contributed by atoms with van der Waals surface area (Å²) in [5.74, 6) is 0. The zero-order valence-corrected chi connectivity index (χ0v) is 18.3. The van der Waals surface area contributed by atoms with Gasteiger partial charge in [0.15, 0.2) is 0 Å². The van der Waals surface area contributed by atoms with Gasteiger partial charge < -0.3 is 4.90 Å². The van der Waals surface area contributed by atoms with Gasteiger partial charge in [-0.15, -0.1) is 22.7 Å². The fourth-order valence-corrected chi connectivity index (χ4v) is 5.05. The van der Waals surface area contributed by atoms with Crippen LogP contribution in [0.15, 0.2) is 108 Å². The van der Waals surface area contributed by atoms with Gasteiger partial charge in [-0.2, -0.15) is 0 Å². The van der Waals surface area contributed by atoms with Gasteiger partial charge in [0.2, 0.25) is 0 Å². The number of benzene rings is 3. The van der Waals surface area contributed by atoms with Gasteiger partial charge in [-0.3, -0.25) is 4.79 Å². The van der Waals surface area contributed by atoms with Gasteiger partial charge in [0.05, 0.1) is 0 Å². The van der Waals surface area contributed by atoms with E-state index in [1.54, 1.807) is 22.7 Å². The van der Waals surface area contributed by atoms with Crippen molar-refractivity contribution in [2.24, 2.45) is 0 Å². The number of carbonyl (C=O) groups is 1. The summed E-state index contributed by atoms with van der Waals surface area (Å²) in [4.78, 5) is 15.8. The van der Waals surface area contributed by atoms with Crippen LogP contribution in [0.25, 0.3) is 20.9 Å². The molecule has 5 aromatic rings. The minimum Gasteiger partial charge on any atom is -0.311 e. The lowest BCUT2D eigenvalue weighted by Crippen LogP contribution is -2.09. The molecule has 4 heteroatoms. The molecule has 3 aromatic carbocycles. The monoisotopic (exact) mass is 437 g/mol. The molecule has 0 saturated carbocycles. The van der Waals surface area contributed by atoms with Crippen LogP contribution >= 0.6 is 22.7 Å². The predicted molar refractivity (Wildman–Crippen MR) is 133 cm³/mol. The van der Waals surface area contributed by atoms with E-state index in [9.17, 15) is 4.79 Å². The molecule has 0 N–H and O–H groups in total. The highest BCUT2D eigenvalue weighted by atomic mass is 32.1. The molecule has 0 aliphatic heterocycles. The molecule has 2 nitrogen and oxygen atoms in total. The fourth-order valence-electron chi connectivity index (χ4n) is 3.58. The number of rotatable bonds is 6. The Hall–Kier alpha value is -3.47. The first-order valence-electron chi connectivity index (χ1n) is 9.95. The Morgan fingerprint density at radius 2 is 0.968 bits per heavy atom. The summed E-state index contributed by atoms with van der Waals surface area (Å²) >= 11 is 3.48. The van der Waals surface area contributed by atoms with Gasteiger partial charge in [0.25, 0.3) is 0 Å². The van der Waals surface area contributed by atoms with Gasteiger partial charge in [0, 0.05) is 32.4 Å². The van der Waals surface area contributed by atoms with Crippen molar-refractivity contribution in [3.63, 3.8) is 0 Å². The third-order valence-electron chi connectivity index (χ3n) is 5.15. The number of anilines is 3. The van der Waals surface area contributed by atoms with E-state index in [-0.39, 0.29) is 0 Å². The van der Waals surface area contributed by atoms with Crippen molar-refractivity contribution in [3.8, 4) is 20.9 Å². The molecule has 31 heavy (non-hydrogen) atoms. The van der Waals surface area contributed by atoms with Crippen LogP contribution in [0.2, 0.25) is 0 Å². The molecule has 0 spiro atoms. The average molecular weight is 438 g/mol. The van der Waals surface area contributed by atoms with Crippen LogP contribution in [0.1, 0.15) is 10.4 Å². The molecular weight excluding hydrogens is 418 g/mol. The van der Waals surface area contributed by atoms with Crippen LogP contribution < -0.4 is 4.90 Å². The first kappa shape index (κ1) is 19.5. The van der Waals surface area contributed by atoms with Gasteiger partial charge in [-0.1, -0.05) is 36.4 Å². The van der Waals surface area contributed by atoms with E-state index >= 15 is 0 Å². The van der Waals surface area contributed by atoms with E-state index in [0.717, 1.165) is 23.3 Å². The molecule has 2 heterocycles. The maximum absolute atomic E-state index is 11.1. The SMILES string of the molecule is O=Cc1ccc(N(c2ccc(-c3cccs3)cc2)c2ccc(-c3cccs3)cc2)cc1. The third kappa shape index (κ3) is 4.08. The second-order valence-corrected chi connectivity index (χ2v) is 8.99. The molecule has 150 valence electrons. The second-order valence-electron chi connectivity index (χ2n) is 7.09. The molecule has 2 aromatic heterocycles. The van der Waals surface area contributed by atoms with Crippen LogP contribution in [-0.2, 0) is 0 Å². The average Bonchev–Trinajstić information content (AvgIpc) is 3.56. The maximum atomic E-state index is 11.1. The summed E-state index contributed by atoms with van der Waals surface area (Å²) in [7, 11) is 0. The molecule has 0 unspecified atom stereocenters. The van der Waals surface area contributed by atoms with Crippen LogP contribution in [0, 0.1) is 0 Å². The quantitative estimate of drug-likeness (QED) is 0.248. The summed E-state index contributed by atoms with van der Waals surface area (Å²) in [6.07, 6.45) is 0.875. The minimum absolute atomic E-state index is 0.671. The van der Waals surface area contributed by atoms with E-state index in [1.807, 2.05) is 24.3 Å². The van der Waals surface area contributed by atoms with E-state index in [1.165, 1.54) is 20.9 Å². The van der Waals surface area contributed by atoms with E-state index in [4.69, 9.17) is 0 Å². The second kappa shape index (κ2) is 8.72. The highest BCUT2D eigenvalue weighted by Gasteiger charge is 2.13. The largest absolute Gasteiger partial charge is 0.311 e. The van der Waals surface area contributed by atoms with Crippen LogP contribution in [0.4, 0.5) is 17.1 Å². The Balaban J connectivity index is 1.55. The molecule has 0 radical (unpaired) electrons. The standard InChI is InChI=1S/C27H19NOS2/c29-19-20-5-11-23(12-6-20)28(24-13-7-21(8-14-24)26-3-1-17-30-26)25-15-9-22(10-16-25)27-4-2-18-31-27/h1-19H. The minimum atomic E-state index is 0.671. The summed E-state index contributed by atoms with van der Waals surface area (Å²) in [6, 6.07) is 33.4. The zero-order chi connectivity index (χ0) is 21.0. The van der Waals surface area contributed by atoms with Crippen molar-refractivity contribution in [2.75, 3.05) is 4.90 Å². The lowest BCUT2D eigenvalue weighted by molar-refractivity contribution is 0.112. The van der Waals surface area contributed by atoms with Crippen molar-refractivity contribution in [2.45, 2.75) is 0 Å². The molecule has 5 rings (SSSR count). The van der Waals surface area contributed by atoms with Crippen LogP contribution in [-0.4, -0.2) is 6.29 Å². The molecular formula is C27H19NOS2. The number of thiophene rings is 2. The highest BCUT2D eigenvalue weighted by Crippen LogP contribution is 2.37. The number of carbonyl (C=O) groups excluding carboxylic acids is 1. The van der Waals surface area contributed by atoms with Crippen LogP contribution in [0.3, 0.4) is 0 Å². The molecule has 0 aliphatic carbocycles. The van der Waals surface area contributed by atoms with Gasteiger partial charge >= 0.3 is 0 Å².